The Kier molecular flexibility index (Phi) is 2.43. The van der Waals surface area contributed by atoms with Crippen molar-refractivity contribution in [3.63, 3.8) is 0 Å². The molecule has 0 fully saturated rings. The summed E-state index contributed by atoms with van der Waals surface area (Å²) in [6.45, 7) is 0. The number of pyridine rings is 1. The van der Waals surface area contributed by atoms with Crippen LogP contribution >= 0.6 is 0 Å². The number of rotatable bonds is 1. The van der Waals surface area contributed by atoms with E-state index in [4.69, 9.17) is 0 Å². The summed E-state index contributed by atoms with van der Waals surface area (Å²) in [4.78, 5) is 13.8. The highest BCUT2D eigenvalue weighted by Gasteiger charge is 2.39. The van der Waals surface area contributed by atoms with Gasteiger partial charge in [-0.2, -0.15) is 13.2 Å². The zero-order valence-electron chi connectivity index (χ0n) is 9.76. The van der Waals surface area contributed by atoms with Crippen LogP contribution in [0.4, 0.5) is 18.9 Å². The third-order valence-electron chi connectivity index (χ3n) is 2.93. The number of fused-ring (bicyclic) bond motifs is 3. The normalized spacial score (nSPS) is 12.2. The van der Waals surface area contributed by atoms with Crippen molar-refractivity contribution >= 4 is 22.4 Å². The lowest BCUT2D eigenvalue weighted by Crippen LogP contribution is -2.08. The van der Waals surface area contributed by atoms with E-state index in [9.17, 15) is 23.3 Å². The molecule has 0 spiro atoms. The zero-order valence-corrected chi connectivity index (χ0v) is 9.76. The van der Waals surface area contributed by atoms with Gasteiger partial charge in [0.1, 0.15) is 11.2 Å². The lowest BCUT2D eigenvalue weighted by atomic mass is 10.1. The van der Waals surface area contributed by atoms with Crippen LogP contribution in [0.25, 0.3) is 16.7 Å². The Morgan fingerprint density at radius 1 is 1.25 bits per heavy atom. The van der Waals surface area contributed by atoms with Crippen molar-refractivity contribution in [2.75, 3.05) is 0 Å². The predicted molar refractivity (Wildman–Crippen MR) is 64.4 cm³/mol. The Hall–Kier alpha value is -2.64. The number of aromatic nitrogens is 2. The fourth-order valence-corrected chi connectivity index (χ4v) is 2.08. The number of nitro groups is 1. The number of alkyl halides is 3. The van der Waals surface area contributed by atoms with Gasteiger partial charge in [-0.15, -0.1) is 0 Å². The first-order valence-corrected chi connectivity index (χ1v) is 5.50. The first-order chi connectivity index (χ1) is 9.38. The van der Waals surface area contributed by atoms with E-state index >= 15 is 0 Å². The van der Waals surface area contributed by atoms with Crippen LogP contribution in [-0.2, 0) is 6.18 Å². The molecule has 0 unspecified atom stereocenters. The number of halogens is 3. The second-order valence-corrected chi connectivity index (χ2v) is 4.15. The number of imidazole rings is 1. The van der Waals surface area contributed by atoms with E-state index in [0.717, 1.165) is 6.07 Å². The molecule has 102 valence electrons. The van der Waals surface area contributed by atoms with E-state index in [1.54, 1.807) is 24.4 Å². The number of hydrogen-bond donors (Lipinski definition) is 0. The van der Waals surface area contributed by atoms with Gasteiger partial charge in [0.25, 0.3) is 5.69 Å². The van der Waals surface area contributed by atoms with Gasteiger partial charge in [0.2, 0.25) is 0 Å². The van der Waals surface area contributed by atoms with Gasteiger partial charge < -0.3 is 0 Å². The van der Waals surface area contributed by atoms with Crippen LogP contribution in [-0.4, -0.2) is 14.3 Å². The molecule has 0 aliphatic rings. The quantitative estimate of drug-likeness (QED) is 0.507. The van der Waals surface area contributed by atoms with Crippen LogP contribution in [0.1, 0.15) is 5.56 Å². The van der Waals surface area contributed by atoms with Crippen molar-refractivity contribution in [2.24, 2.45) is 0 Å². The summed E-state index contributed by atoms with van der Waals surface area (Å²) >= 11 is 0. The maximum Gasteiger partial charge on any atom is 0.423 e. The molecule has 0 bridgehead atoms. The number of benzene rings is 1. The van der Waals surface area contributed by atoms with E-state index < -0.39 is 22.4 Å². The highest BCUT2D eigenvalue weighted by Crippen LogP contribution is 2.38. The fraction of sp³-hybridized carbons (Fsp3) is 0.0833. The molecule has 2 aromatic heterocycles. The number of hydrogen-bond acceptors (Lipinski definition) is 3. The molecule has 0 saturated heterocycles. The fourth-order valence-electron chi connectivity index (χ4n) is 2.08. The summed E-state index contributed by atoms with van der Waals surface area (Å²) in [5.41, 5.74) is -1.51. The third kappa shape index (κ3) is 1.77. The molecule has 0 amide bonds. The van der Waals surface area contributed by atoms with Crippen LogP contribution in [0.5, 0.6) is 0 Å². The third-order valence-corrected chi connectivity index (χ3v) is 2.93. The Labute approximate surface area is 109 Å². The van der Waals surface area contributed by atoms with Crippen LogP contribution in [0, 0.1) is 10.1 Å². The number of nitrogens with zero attached hydrogens (tertiary/aromatic N) is 3. The number of nitro benzene ring substituents is 1. The van der Waals surface area contributed by atoms with Gasteiger partial charge in [0, 0.05) is 12.3 Å². The van der Waals surface area contributed by atoms with Gasteiger partial charge in [-0.25, -0.2) is 4.98 Å². The highest BCUT2D eigenvalue weighted by molar-refractivity contribution is 5.84. The predicted octanol–water partition coefficient (Wildman–Crippen LogP) is 3.41. The molecule has 1 aromatic carbocycles. The van der Waals surface area contributed by atoms with Crippen molar-refractivity contribution in [2.45, 2.75) is 6.18 Å². The second kappa shape index (κ2) is 3.92. The molecule has 0 atom stereocenters. The maximum absolute atomic E-state index is 12.9. The van der Waals surface area contributed by atoms with Gasteiger partial charge in [0.05, 0.1) is 16.0 Å². The van der Waals surface area contributed by atoms with Gasteiger partial charge in [0.15, 0.2) is 0 Å². The van der Waals surface area contributed by atoms with E-state index in [2.05, 4.69) is 4.98 Å². The zero-order chi connectivity index (χ0) is 14.5. The van der Waals surface area contributed by atoms with Crippen molar-refractivity contribution in [3.8, 4) is 0 Å². The van der Waals surface area contributed by atoms with E-state index in [1.165, 1.54) is 4.40 Å². The van der Waals surface area contributed by atoms with Crippen molar-refractivity contribution in [1.29, 1.82) is 0 Å². The van der Waals surface area contributed by atoms with Gasteiger partial charge >= 0.3 is 6.18 Å². The highest BCUT2D eigenvalue weighted by atomic mass is 19.4. The van der Waals surface area contributed by atoms with Crippen molar-refractivity contribution < 1.29 is 18.1 Å². The molecule has 0 radical (unpaired) electrons. The SMILES string of the molecule is O=[N+]([O-])c1cc2c(cc1C(F)(F)F)nc1ccccn12. The van der Waals surface area contributed by atoms with Crippen LogP contribution in [0.15, 0.2) is 36.5 Å². The van der Waals surface area contributed by atoms with Crippen LogP contribution in [0.2, 0.25) is 0 Å². The molecule has 5 nitrogen and oxygen atoms in total. The van der Waals surface area contributed by atoms with Gasteiger partial charge in [-0.1, -0.05) is 6.07 Å². The summed E-state index contributed by atoms with van der Waals surface area (Å²) in [6.07, 6.45) is -3.21. The monoisotopic (exact) mass is 281 g/mol. The molecule has 0 saturated carbocycles. The Morgan fingerprint density at radius 2 is 2.00 bits per heavy atom. The van der Waals surface area contributed by atoms with E-state index in [0.29, 0.717) is 11.7 Å². The summed E-state index contributed by atoms with van der Waals surface area (Å²) < 4.78 is 40.1. The summed E-state index contributed by atoms with van der Waals surface area (Å²) in [7, 11) is 0. The topological polar surface area (TPSA) is 60.4 Å². The molecule has 3 aromatic rings. The standard InChI is InChI=1S/C12H6F3N3O2/c13-12(14,15)7-5-8-10(6-9(7)18(19)20)17-4-2-1-3-11(17)16-8/h1-6H. The average molecular weight is 281 g/mol. The molecule has 0 N–H and O–H groups in total. The summed E-state index contributed by atoms with van der Waals surface area (Å²) in [5.74, 6) is 0. The smallest absolute Gasteiger partial charge is 0.299 e. The Morgan fingerprint density at radius 3 is 2.65 bits per heavy atom. The van der Waals surface area contributed by atoms with Crippen LogP contribution in [0.3, 0.4) is 0 Å². The first-order valence-electron chi connectivity index (χ1n) is 5.50. The molecular formula is C12H6F3N3O2. The Balaban J connectivity index is 2.44. The molecule has 20 heavy (non-hydrogen) atoms. The Bertz CT molecular complexity index is 839. The molecule has 3 rings (SSSR count). The molecule has 0 aliphatic carbocycles. The first kappa shape index (κ1) is 12.4. The van der Waals surface area contributed by atoms with Gasteiger partial charge in [-0.05, 0) is 18.2 Å². The maximum atomic E-state index is 12.9. The van der Waals surface area contributed by atoms with Crippen molar-refractivity contribution in [3.05, 3.63) is 52.2 Å². The van der Waals surface area contributed by atoms with Crippen LogP contribution < -0.4 is 0 Å². The lowest BCUT2D eigenvalue weighted by Gasteiger charge is -2.07. The minimum atomic E-state index is -4.80. The summed E-state index contributed by atoms with van der Waals surface area (Å²) in [6, 6.07) is 6.57. The lowest BCUT2D eigenvalue weighted by molar-refractivity contribution is -0.387. The molecular weight excluding hydrogens is 275 g/mol. The van der Waals surface area contributed by atoms with Crippen molar-refractivity contribution in [1.82, 2.24) is 9.38 Å². The largest absolute Gasteiger partial charge is 0.423 e. The average Bonchev–Trinajstić information content (AvgIpc) is 2.73. The molecule has 2 heterocycles. The minimum Gasteiger partial charge on any atom is -0.299 e. The van der Waals surface area contributed by atoms with E-state index in [-0.39, 0.29) is 11.0 Å². The van der Waals surface area contributed by atoms with Gasteiger partial charge in [-0.3, -0.25) is 14.5 Å². The minimum absolute atomic E-state index is 0.0640. The second-order valence-electron chi connectivity index (χ2n) is 4.15. The molecule has 8 heteroatoms. The summed E-state index contributed by atoms with van der Waals surface area (Å²) in [5, 5.41) is 10.8. The van der Waals surface area contributed by atoms with E-state index in [1.807, 2.05) is 0 Å². The molecule has 0 aliphatic heterocycles.